The summed E-state index contributed by atoms with van der Waals surface area (Å²) in [7, 11) is 2.99. The molecule has 2 amide bonds. The first-order chi connectivity index (χ1) is 19.1. The Morgan fingerprint density at radius 1 is 0.714 bits per heavy atom. The van der Waals surface area contributed by atoms with E-state index in [1.54, 1.807) is 12.1 Å². The number of hydrogen-bond donors (Lipinski definition) is 4. The van der Waals surface area contributed by atoms with Crippen molar-refractivity contribution in [3.8, 4) is 11.5 Å². The molecule has 0 unspecified atom stereocenters. The lowest BCUT2D eigenvalue weighted by atomic mass is 10.1. The number of nitrogen functional groups attached to an aromatic ring is 2. The highest BCUT2D eigenvalue weighted by atomic mass is 35.5. The molecule has 11 nitrogen and oxygen atoms in total. The number of halogens is 3. The van der Waals surface area contributed by atoms with Gasteiger partial charge in [-0.05, 0) is 38.3 Å². The summed E-state index contributed by atoms with van der Waals surface area (Å²) in [6.45, 7) is 15.0. The van der Waals surface area contributed by atoms with Gasteiger partial charge in [-0.3, -0.25) is 9.59 Å². The van der Waals surface area contributed by atoms with E-state index < -0.39 is 0 Å². The topological polar surface area (TPSA) is 167 Å². The predicted octanol–water partition coefficient (Wildman–Crippen LogP) is 3.60. The second kappa shape index (κ2) is 21.9. The summed E-state index contributed by atoms with van der Waals surface area (Å²) in [6, 6.07) is 6.17. The first-order valence-corrected chi connectivity index (χ1v) is 14.1. The van der Waals surface area contributed by atoms with Gasteiger partial charge in [-0.15, -0.1) is 12.4 Å². The van der Waals surface area contributed by atoms with E-state index in [1.807, 2.05) is 0 Å². The number of nitrogens with one attached hydrogen (secondary N) is 2. The fourth-order valence-corrected chi connectivity index (χ4v) is 4.08. The number of methoxy groups -OCH3 is 2. The lowest BCUT2D eigenvalue weighted by molar-refractivity contribution is 0.0937. The van der Waals surface area contributed by atoms with Gasteiger partial charge in [0.1, 0.15) is 11.5 Å². The van der Waals surface area contributed by atoms with Crippen molar-refractivity contribution in [1.29, 1.82) is 0 Å². The Bertz CT molecular complexity index is 1020. The van der Waals surface area contributed by atoms with Crippen LogP contribution < -0.4 is 31.6 Å². The standard InChI is InChI=1S/2C14H22ClN3O2.ClH.H2O/c2*1-4-18(5-2)7-6-17-14(19)10-8-11(15)12(16)9-13(10)20-3;;/h2*8-9H,4-7,16H2,1-3H3,(H,17,19);1H;1H2. The van der Waals surface area contributed by atoms with Gasteiger partial charge in [0, 0.05) is 38.3 Å². The Labute approximate surface area is 265 Å². The van der Waals surface area contributed by atoms with Crippen LogP contribution in [0.4, 0.5) is 11.4 Å². The molecule has 8 N–H and O–H groups in total. The Morgan fingerprint density at radius 2 is 1.02 bits per heavy atom. The fourth-order valence-electron chi connectivity index (χ4n) is 3.76. The molecule has 2 rings (SSSR count). The summed E-state index contributed by atoms with van der Waals surface area (Å²) >= 11 is 11.9. The zero-order valence-corrected chi connectivity index (χ0v) is 27.6. The van der Waals surface area contributed by atoms with Crippen LogP contribution in [-0.2, 0) is 0 Å². The van der Waals surface area contributed by atoms with E-state index in [0.717, 1.165) is 39.3 Å². The average molecular weight is 654 g/mol. The molecule has 0 radical (unpaired) electrons. The van der Waals surface area contributed by atoms with E-state index in [9.17, 15) is 9.59 Å². The molecule has 0 saturated heterocycles. The summed E-state index contributed by atoms with van der Waals surface area (Å²) in [5.74, 6) is 0.422. The first kappa shape index (κ1) is 41.5. The highest BCUT2D eigenvalue weighted by Crippen LogP contribution is 2.29. The SMILES string of the molecule is CCN(CC)CCNC(=O)c1cc(Cl)c(N)cc1OC.CCN(CC)CCNC(=O)c1cc(Cl)c(N)cc1OC.Cl.O. The normalized spacial score (nSPS) is 10.1. The number of likely N-dealkylation sites (N-methyl/N-ethyl adjacent to an activating group) is 2. The smallest absolute Gasteiger partial charge is 0.255 e. The molecule has 0 aliphatic carbocycles. The molecule has 0 aliphatic rings. The molecule has 0 atom stereocenters. The van der Waals surface area contributed by atoms with Crippen molar-refractivity contribution in [3.05, 3.63) is 45.4 Å². The molecule has 14 heteroatoms. The van der Waals surface area contributed by atoms with Crippen molar-refractivity contribution >= 4 is 58.8 Å². The quantitative estimate of drug-likeness (QED) is 0.225. The largest absolute Gasteiger partial charge is 0.496 e. The number of ether oxygens (including phenoxy) is 2. The highest BCUT2D eigenvalue weighted by molar-refractivity contribution is 6.34. The molecular formula is C28H47Cl3N6O5. The maximum absolute atomic E-state index is 12.1. The predicted molar refractivity (Wildman–Crippen MR) is 176 cm³/mol. The van der Waals surface area contributed by atoms with Gasteiger partial charge < -0.3 is 46.9 Å². The van der Waals surface area contributed by atoms with E-state index in [1.165, 1.54) is 26.4 Å². The molecule has 240 valence electrons. The lowest BCUT2D eigenvalue weighted by Crippen LogP contribution is -2.34. The molecule has 0 fully saturated rings. The van der Waals surface area contributed by atoms with Gasteiger partial charge in [0.05, 0.1) is 46.8 Å². The van der Waals surface area contributed by atoms with Crippen LogP contribution in [0.3, 0.4) is 0 Å². The van der Waals surface area contributed by atoms with Crippen LogP contribution >= 0.6 is 35.6 Å². The molecule has 0 heterocycles. The second-order valence-corrected chi connectivity index (χ2v) is 9.53. The average Bonchev–Trinajstić information content (AvgIpc) is 2.95. The minimum absolute atomic E-state index is 0. The maximum atomic E-state index is 12.1. The zero-order chi connectivity index (χ0) is 30.2. The van der Waals surface area contributed by atoms with Crippen LogP contribution in [0.15, 0.2) is 24.3 Å². The van der Waals surface area contributed by atoms with Crippen LogP contribution in [0.2, 0.25) is 10.0 Å². The van der Waals surface area contributed by atoms with Crippen molar-refractivity contribution in [3.63, 3.8) is 0 Å². The number of carbonyl (C=O) groups is 2. The molecule has 0 spiro atoms. The Balaban J connectivity index is 0. The van der Waals surface area contributed by atoms with Crippen molar-refractivity contribution in [2.75, 3.05) is 78.0 Å². The lowest BCUT2D eigenvalue weighted by Gasteiger charge is -2.18. The van der Waals surface area contributed by atoms with Crippen LogP contribution in [0.5, 0.6) is 11.5 Å². The number of carbonyl (C=O) groups excluding carboxylic acids is 2. The number of anilines is 2. The Morgan fingerprint density at radius 3 is 1.29 bits per heavy atom. The second-order valence-electron chi connectivity index (χ2n) is 8.71. The summed E-state index contributed by atoms with van der Waals surface area (Å²) in [6.07, 6.45) is 0. The van der Waals surface area contributed by atoms with Gasteiger partial charge in [0.15, 0.2) is 0 Å². The summed E-state index contributed by atoms with van der Waals surface area (Å²) in [4.78, 5) is 28.7. The minimum Gasteiger partial charge on any atom is -0.496 e. The monoisotopic (exact) mass is 652 g/mol. The number of amides is 2. The molecule has 0 saturated carbocycles. The number of hydrogen-bond acceptors (Lipinski definition) is 8. The molecule has 0 aromatic heterocycles. The Kier molecular flexibility index (Phi) is 21.7. The highest BCUT2D eigenvalue weighted by Gasteiger charge is 2.16. The van der Waals surface area contributed by atoms with E-state index >= 15 is 0 Å². The van der Waals surface area contributed by atoms with Gasteiger partial charge in [0.25, 0.3) is 11.8 Å². The Hall–Kier alpha value is -2.67. The van der Waals surface area contributed by atoms with Crippen molar-refractivity contribution in [2.45, 2.75) is 27.7 Å². The number of benzene rings is 2. The third-order valence-corrected chi connectivity index (χ3v) is 7.00. The van der Waals surface area contributed by atoms with E-state index in [-0.39, 0.29) is 29.7 Å². The number of nitrogens with two attached hydrogens (primary N) is 2. The summed E-state index contributed by atoms with van der Waals surface area (Å²) in [5, 5.41) is 6.41. The molecule has 2 aromatic rings. The molecule has 42 heavy (non-hydrogen) atoms. The van der Waals surface area contributed by atoms with E-state index in [0.29, 0.717) is 57.1 Å². The molecular weight excluding hydrogens is 607 g/mol. The van der Waals surface area contributed by atoms with Crippen molar-refractivity contribution in [2.24, 2.45) is 0 Å². The van der Waals surface area contributed by atoms with Crippen LogP contribution in [0, 0.1) is 0 Å². The fraction of sp³-hybridized carbons (Fsp3) is 0.500. The molecule has 2 aromatic carbocycles. The van der Waals surface area contributed by atoms with Crippen molar-refractivity contribution in [1.82, 2.24) is 20.4 Å². The van der Waals surface area contributed by atoms with Crippen LogP contribution in [0.1, 0.15) is 48.4 Å². The van der Waals surface area contributed by atoms with Gasteiger partial charge >= 0.3 is 0 Å². The minimum atomic E-state index is -0.212. The molecule has 0 aliphatic heterocycles. The maximum Gasteiger partial charge on any atom is 0.255 e. The number of nitrogens with zero attached hydrogens (tertiary/aromatic N) is 2. The zero-order valence-electron chi connectivity index (χ0n) is 25.3. The third kappa shape index (κ3) is 13.1. The molecule has 0 bridgehead atoms. The van der Waals surface area contributed by atoms with Gasteiger partial charge in [0.2, 0.25) is 0 Å². The summed E-state index contributed by atoms with van der Waals surface area (Å²) in [5.41, 5.74) is 13.0. The van der Waals surface area contributed by atoms with E-state index in [4.69, 9.17) is 44.1 Å². The number of rotatable bonds is 14. The summed E-state index contributed by atoms with van der Waals surface area (Å²) < 4.78 is 10.3. The van der Waals surface area contributed by atoms with Gasteiger partial charge in [-0.2, -0.15) is 0 Å². The first-order valence-electron chi connectivity index (χ1n) is 13.3. The van der Waals surface area contributed by atoms with Gasteiger partial charge in [-0.1, -0.05) is 50.9 Å². The van der Waals surface area contributed by atoms with Crippen molar-refractivity contribution < 1.29 is 24.5 Å². The van der Waals surface area contributed by atoms with Gasteiger partial charge in [-0.25, -0.2) is 0 Å². The third-order valence-electron chi connectivity index (χ3n) is 6.34. The van der Waals surface area contributed by atoms with Crippen LogP contribution in [-0.4, -0.2) is 93.7 Å². The van der Waals surface area contributed by atoms with E-state index in [2.05, 4.69) is 48.1 Å². The van der Waals surface area contributed by atoms with Crippen LogP contribution in [0.25, 0.3) is 0 Å².